The summed E-state index contributed by atoms with van der Waals surface area (Å²) in [5.41, 5.74) is 0.938. The van der Waals surface area contributed by atoms with Gasteiger partial charge in [-0.1, -0.05) is 53.7 Å². The first-order chi connectivity index (χ1) is 11.6. The first kappa shape index (κ1) is 22.7. The van der Waals surface area contributed by atoms with Crippen molar-refractivity contribution in [1.82, 2.24) is 0 Å². The fraction of sp³-hybridized carbons (Fsp3) is 0.571. The van der Waals surface area contributed by atoms with Crippen molar-refractivity contribution < 1.29 is 13.6 Å². The predicted molar refractivity (Wildman–Crippen MR) is 117 cm³/mol. The number of carbonyl (C=O) groups is 1. The SMILES string of the molecule is CC(C)(C)[Si](C)(C)OC(=O)/C=C/c1cccc(O[Si](C)(C)C(C)(C)C)c1. The molecular formula is C21H36O3Si2. The van der Waals surface area contributed by atoms with Gasteiger partial charge < -0.3 is 8.85 Å². The van der Waals surface area contributed by atoms with Gasteiger partial charge in [0.25, 0.3) is 8.32 Å². The summed E-state index contributed by atoms with van der Waals surface area (Å²) >= 11 is 0. The third kappa shape index (κ3) is 6.13. The van der Waals surface area contributed by atoms with Gasteiger partial charge in [-0.25, -0.2) is 4.79 Å². The second-order valence-electron chi connectivity index (χ2n) is 9.95. The zero-order chi connectivity index (χ0) is 20.4. The Morgan fingerprint density at radius 2 is 1.46 bits per heavy atom. The van der Waals surface area contributed by atoms with Gasteiger partial charge in [-0.15, -0.1) is 0 Å². The minimum Gasteiger partial charge on any atom is -0.543 e. The van der Waals surface area contributed by atoms with Gasteiger partial charge in [0.1, 0.15) is 5.75 Å². The van der Waals surface area contributed by atoms with Crippen molar-refractivity contribution in [3.05, 3.63) is 35.9 Å². The van der Waals surface area contributed by atoms with Gasteiger partial charge in [0.05, 0.1) is 0 Å². The highest BCUT2D eigenvalue weighted by molar-refractivity contribution is 6.75. The lowest BCUT2D eigenvalue weighted by Gasteiger charge is -2.36. The molecule has 0 aliphatic heterocycles. The molecule has 0 fully saturated rings. The Hall–Kier alpha value is -1.34. The van der Waals surface area contributed by atoms with E-state index in [1.807, 2.05) is 24.3 Å². The van der Waals surface area contributed by atoms with E-state index >= 15 is 0 Å². The van der Waals surface area contributed by atoms with E-state index in [4.69, 9.17) is 8.85 Å². The fourth-order valence-corrected chi connectivity index (χ4v) is 3.63. The molecule has 0 unspecified atom stereocenters. The van der Waals surface area contributed by atoms with E-state index in [1.54, 1.807) is 6.08 Å². The molecule has 1 aromatic carbocycles. The van der Waals surface area contributed by atoms with Gasteiger partial charge >= 0.3 is 5.97 Å². The predicted octanol–water partition coefficient (Wildman–Crippen LogP) is 6.63. The minimum atomic E-state index is -2.09. The van der Waals surface area contributed by atoms with Crippen LogP contribution in [0.1, 0.15) is 47.1 Å². The number of hydrogen-bond donors (Lipinski definition) is 0. The van der Waals surface area contributed by atoms with Crippen molar-refractivity contribution in [1.29, 1.82) is 0 Å². The van der Waals surface area contributed by atoms with Crippen molar-refractivity contribution in [2.24, 2.45) is 0 Å². The molecule has 1 rings (SSSR count). The van der Waals surface area contributed by atoms with Gasteiger partial charge in [-0.05, 0) is 60.0 Å². The standard InChI is InChI=1S/C21H36O3Si2/c1-20(2,3)25(7,8)23-18-13-11-12-17(16-18)14-15-19(22)24-26(9,10)21(4,5)6/h11-16H,1-10H3/b15-14+. The molecule has 3 nitrogen and oxygen atoms in total. The van der Waals surface area contributed by atoms with Gasteiger partial charge in [-0.3, -0.25) is 0 Å². The van der Waals surface area contributed by atoms with Crippen LogP contribution in [0.2, 0.25) is 36.3 Å². The average Bonchev–Trinajstić information content (AvgIpc) is 2.42. The Kier molecular flexibility index (Phi) is 6.75. The number of benzene rings is 1. The lowest BCUT2D eigenvalue weighted by molar-refractivity contribution is -0.129. The summed E-state index contributed by atoms with van der Waals surface area (Å²) in [6, 6.07) is 7.89. The van der Waals surface area contributed by atoms with Crippen LogP contribution in [0.15, 0.2) is 30.3 Å². The molecule has 0 aliphatic carbocycles. The summed E-state index contributed by atoms with van der Waals surface area (Å²) in [7, 11) is -3.97. The van der Waals surface area contributed by atoms with Gasteiger partial charge in [-0.2, -0.15) is 0 Å². The topological polar surface area (TPSA) is 35.5 Å². The second-order valence-corrected chi connectivity index (χ2v) is 19.4. The van der Waals surface area contributed by atoms with E-state index in [2.05, 4.69) is 67.7 Å². The maximum Gasteiger partial charge on any atom is 0.317 e. The summed E-state index contributed by atoms with van der Waals surface area (Å²) < 4.78 is 12.1. The molecule has 0 radical (unpaired) electrons. The minimum absolute atomic E-state index is 0.00736. The molecule has 1 aromatic rings. The maximum atomic E-state index is 12.2. The van der Waals surface area contributed by atoms with Crippen LogP contribution in [0.5, 0.6) is 5.75 Å². The molecular weight excluding hydrogens is 356 g/mol. The molecule has 0 saturated heterocycles. The number of hydrogen-bond acceptors (Lipinski definition) is 3. The zero-order valence-electron chi connectivity index (χ0n) is 18.2. The molecule has 0 saturated carbocycles. The molecule has 0 N–H and O–H groups in total. The third-order valence-electron chi connectivity index (χ3n) is 5.61. The van der Waals surface area contributed by atoms with Crippen LogP contribution in [-0.2, 0) is 9.22 Å². The van der Waals surface area contributed by atoms with Crippen LogP contribution in [0.4, 0.5) is 0 Å². The van der Waals surface area contributed by atoms with E-state index in [1.165, 1.54) is 6.08 Å². The highest BCUT2D eigenvalue weighted by atomic mass is 28.4. The molecule has 0 bridgehead atoms. The summed E-state index contributed by atoms with van der Waals surface area (Å²) in [5, 5.41) is 0.152. The highest BCUT2D eigenvalue weighted by Crippen LogP contribution is 2.38. The van der Waals surface area contributed by atoms with E-state index < -0.39 is 16.6 Å². The number of carbonyl (C=O) groups excluding carboxylic acids is 1. The van der Waals surface area contributed by atoms with Crippen LogP contribution in [0, 0.1) is 0 Å². The zero-order valence-corrected chi connectivity index (χ0v) is 20.2. The molecule has 0 amide bonds. The first-order valence-electron chi connectivity index (χ1n) is 9.25. The van der Waals surface area contributed by atoms with E-state index in [9.17, 15) is 4.79 Å². The van der Waals surface area contributed by atoms with Crippen molar-refractivity contribution in [2.45, 2.75) is 77.8 Å². The summed E-state index contributed by atoms with van der Waals surface area (Å²) in [4.78, 5) is 12.2. The van der Waals surface area contributed by atoms with Gasteiger partial charge in [0.15, 0.2) is 0 Å². The molecule has 0 aliphatic rings. The monoisotopic (exact) mass is 392 g/mol. The van der Waals surface area contributed by atoms with Crippen molar-refractivity contribution in [2.75, 3.05) is 0 Å². The lowest BCUT2D eigenvalue weighted by Crippen LogP contribution is -2.43. The summed E-state index contributed by atoms with van der Waals surface area (Å²) in [5.74, 6) is 0.587. The van der Waals surface area contributed by atoms with E-state index in [0.29, 0.717) is 0 Å². The van der Waals surface area contributed by atoms with Gasteiger partial charge in [0.2, 0.25) is 8.32 Å². The second kappa shape index (κ2) is 7.73. The van der Waals surface area contributed by atoms with E-state index in [0.717, 1.165) is 11.3 Å². The van der Waals surface area contributed by atoms with Crippen LogP contribution in [0.3, 0.4) is 0 Å². The van der Waals surface area contributed by atoms with E-state index in [-0.39, 0.29) is 16.0 Å². The van der Waals surface area contributed by atoms with Crippen molar-refractivity contribution in [3.63, 3.8) is 0 Å². The molecule has 146 valence electrons. The molecule has 26 heavy (non-hydrogen) atoms. The largest absolute Gasteiger partial charge is 0.543 e. The molecule has 5 heteroatoms. The molecule has 0 aromatic heterocycles. The Morgan fingerprint density at radius 3 is 1.96 bits per heavy atom. The quantitative estimate of drug-likeness (QED) is 0.416. The molecule has 0 spiro atoms. The Labute approximate surface area is 162 Å². The van der Waals surface area contributed by atoms with Crippen LogP contribution in [-0.4, -0.2) is 22.6 Å². The molecule has 0 heterocycles. The van der Waals surface area contributed by atoms with Crippen molar-refractivity contribution in [3.8, 4) is 5.75 Å². The van der Waals surface area contributed by atoms with Crippen LogP contribution in [0.25, 0.3) is 6.08 Å². The third-order valence-corrected chi connectivity index (χ3v) is 14.3. The van der Waals surface area contributed by atoms with Crippen molar-refractivity contribution >= 4 is 28.7 Å². The lowest BCUT2D eigenvalue weighted by atomic mass is 10.2. The normalized spacial score (nSPS) is 13.8. The van der Waals surface area contributed by atoms with Crippen LogP contribution >= 0.6 is 0 Å². The Morgan fingerprint density at radius 1 is 0.923 bits per heavy atom. The van der Waals surface area contributed by atoms with Crippen LogP contribution < -0.4 is 4.43 Å². The Bertz CT molecular complexity index is 663. The smallest absolute Gasteiger partial charge is 0.317 e. The number of rotatable bonds is 5. The first-order valence-corrected chi connectivity index (χ1v) is 15.1. The maximum absolute atomic E-state index is 12.2. The fourth-order valence-electron chi connectivity index (χ4n) is 1.73. The van der Waals surface area contributed by atoms with Gasteiger partial charge in [0, 0.05) is 6.08 Å². The average molecular weight is 393 g/mol. The summed E-state index contributed by atoms with van der Waals surface area (Å²) in [6.45, 7) is 21.6. The highest BCUT2D eigenvalue weighted by Gasteiger charge is 2.40. The molecule has 0 atom stereocenters. The Balaban J connectivity index is 2.86. The summed E-state index contributed by atoms with van der Waals surface area (Å²) in [6.07, 6.45) is 3.32.